The highest BCUT2D eigenvalue weighted by Crippen LogP contribution is 2.28. The molecule has 2 atom stereocenters. The van der Waals surface area contributed by atoms with E-state index in [1.54, 1.807) is 6.07 Å². The summed E-state index contributed by atoms with van der Waals surface area (Å²) in [4.78, 5) is 14.3. The Morgan fingerprint density at radius 3 is 2.56 bits per heavy atom. The summed E-state index contributed by atoms with van der Waals surface area (Å²) in [5, 5.41) is 3.45. The first-order valence-electron chi connectivity index (χ1n) is 6.48. The van der Waals surface area contributed by atoms with E-state index in [1.165, 1.54) is 6.26 Å². The Bertz CT molecular complexity index is 432. The third kappa shape index (κ3) is 2.34. The predicted octanol–water partition coefficient (Wildman–Crippen LogP) is 2.11. The fourth-order valence-corrected chi connectivity index (χ4v) is 3.37. The average Bonchev–Trinajstić information content (AvgIpc) is 2.94. The quantitative estimate of drug-likeness (QED) is 0.864. The summed E-state index contributed by atoms with van der Waals surface area (Å²) < 4.78 is 5.75. The molecule has 0 spiro atoms. The SMILES string of the molecule is O=C(c1coc(Br)c1)N1CC[C@@H]2CNC[C@@H]2CC1. The van der Waals surface area contributed by atoms with Crippen molar-refractivity contribution < 1.29 is 9.21 Å². The first-order valence-corrected chi connectivity index (χ1v) is 7.27. The van der Waals surface area contributed by atoms with Crippen molar-refractivity contribution in [2.24, 2.45) is 11.8 Å². The Kier molecular flexibility index (Phi) is 3.43. The Labute approximate surface area is 115 Å². The smallest absolute Gasteiger partial charge is 0.257 e. The fourth-order valence-electron chi connectivity index (χ4n) is 3.03. The molecular formula is C13H17BrN2O2. The monoisotopic (exact) mass is 312 g/mol. The number of hydrogen-bond acceptors (Lipinski definition) is 3. The number of nitrogens with one attached hydrogen (secondary N) is 1. The lowest BCUT2D eigenvalue weighted by Gasteiger charge is -2.19. The second kappa shape index (κ2) is 5.05. The maximum Gasteiger partial charge on any atom is 0.257 e. The fraction of sp³-hybridized carbons (Fsp3) is 0.615. The van der Waals surface area contributed by atoms with Crippen LogP contribution in [-0.2, 0) is 0 Å². The van der Waals surface area contributed by atoms with Gasteiger partial charge in [0.25, 0.3) is 5.91 Å². The molecule has 0 saturated carbocycles. The van der Waals surface area contributed by atoms with E-state index in [1.807, 2.05) is 4.90 Å². The van der Waals surface area contributed by atoms with Crippen LogP contribution in [0.15, 0.2) is 21.4 Å². The third-order valence-corrected chi connectivity index (χ3v) is 4.54. The number of nitrogens with zero attached hydrogens (tertiary/aromatic N) is 1. The van der Waals surface area contributed by atoms with Crippen LogP contribution < -0.4 is 5.32 Å². The van der Waals surface area contributed by atoms with Crippen molar-refractivity contribution >= 4 is 21.8 Å². The van der Waals surface area contributed by atoms with E-state index in [9.17, 15) is 4.79 Å². The molecule has 1 aromatic rings. The van der Waals surface area contributed by atoms with Gasteiger partial charge < -0.3 is 14.6 Å². The van der Waals surface area contributed by atoms with Gasteiger partial charge in [-0.25, -0.2) is 0 Å². The van der Waals surface area contributed by atoms with Crippen molar-refractivity contribution in [1.82, 2.24) is 10.2 Å². The van der Waals surface area contributed by atoms with Gasteiger partial charge in [0.05, 0.1) is 5.56 Å². The standard InChI is InChI=1S/C13H17BrN2O2/c14-12-5-11(8-18-12)13(17)16-3-1-9-6-15-7-10(9)2-4-16/h5,8-10,15H,1-4,6-7H2/t9-,10+. The van der Waals surface area contributed by atoms with Crippen LogP contribution in [0, 0.1) is 11.8 Å². The van der Waals surface area contributed by atoms with Crippen LogP contribution in [0.2, 0.25) is 0 Å². The van der Waals surface area contributed by atoms with E-state index in [0.29, 0.717) is 10.2 Å². The Morgan fingerprint density at radius 2 is 2.00 bits per heavy atom. The summed E-state index contributed by atoms with van der Waals surface area (Å²) in [6.45, 7) is 3.96. The van der Waals surface area contributed by atoms with Gasteiger partial charge in [0.2, 0.25) is 0 Å². The van der Waals surface area contributed by atoms with Crippen molar-refractivity contribution in [2.45, 2.75) is 12.8 Å². The Morgan fingerprint density at radius 1 is 1.33 bits per heavy atom. The molecule has 0 radical (unpaired) electrons. The number of halogens is 1. The van der Waals surface area contributed by atoms with Gasteiger partial charge in [-0.05, 0) is 53.7 Å². The molecule has 2 fully saturated rings. The van der Waals surface area contributed by atoms with E-state index in [-0.39, 0.29) is 5.91 Å². The van der Waals surface area contributed by atoms with Gasteiger partial charge in [-0.3, -0.25) is 4.79 Å². The maximum atomic E-state index is 12.3. The van der Waals surface area contributed by atoms with E-state index in [0.717, 1.165) is 50.9 Å². The normalized spacial score (nSPS) is 27.9. The van der Waals surface area contributed by atoms with Crippen molar-refractivity contribution in [2.75, 3.05) is 26.2 Å². The molecule has 1 N–H and O–H groups in total. The van der Waals surface area contributed by atoms with Crippen LogP contribution >= 0.6 is 15.9 Å². The van der Waals surface area contributed by atoms with Crippen LogP contribution in [0.25, 0.3) is 0 Å². The summed E-state index contributed by atoms with van der Waals surface area (Å²) in [5.74, 6) is 1.59. The summed E-state index contributed by atoms with van der Waals surface area (Å²) in [6.07, 6.45) is 3.75. The summed E-state index contributed by atoms with van der Waals surface area (Å²) in [7, 11) is 0. The minimum atomic E-state index is 0.0948. The van der Waals surface area contributed by atoms with E-state index < -0.39 is 0 Å². The Hall–Kier alpha value is -0.810. The molecule has 2 aliphatic heterocycles. The largest absolute Gasteiger partial charge is 0.457 e. The van der Waals surface area contributed by atoms with Gasteiger partial charge in [-0.2, -0.15) is 0 Å². The van der Waals surface area contributed by atoms with Crippen LogP contribution in [0.1, 0.15) is 23.2 Å². The zero-order chi connectivity index (χ0) is 12.5. The molecule has 4 nitrogen and oxygen atoms in total. The summed E-state index contributed by atoms with van der Waals surface area (Å²) in [6, 6.07) is 1.75. The van der Waals surface area contributed by atoms with Gasteiger partial charge in [0.15, 0.2) is 4.67 Å². The molecule has 3 heterocycles. The number of fused-ring (bicyclic) bond motifs is 1. The Balaban J connectivity index is 1.68. The van der Waals surface area contributed by atoms with Crippen LogP contribution in [-0.4, -0.2) is 37.0 Å². The predicted molar refractivity (Wildman–Crippen MR) is 71.4 cm³/mol. The lowest BCUT2D eigenvalue weighted by Crippen LogP contribution is -2.32. The first-order chi connectivity index (χ1) is 8.74. The second-order valence-corrected chi connectivity index (χ2v) is 5.97. The third-order valence-electron chi connectivity index (χ3n) is 4.12. The highest BCUT2D eigenvalue weighted by Gasteiger charge is 2.31. The number of hydrogen-bond donors (Lipinski definition) is 1. The zero-order valence-electron chi connectivity index (χ0n) is 10.2. The zero-order valence-corrected chi connectivity index (χ0v) is 11.8. The van der Waals surface area contributed by atoms with E-state index >= 15 is 0 Å². The van der Waals surface area contributed by atoms with E-state index in [4.69, 9.17) is 4.42 Å². The topological polar surface area (TPSA) is 45.5 Å². The number of likely N-dealkylation sites (tertiary alicyclic amines) is 1. The molecule has 0 aromatic carbocycles. The molecule has 0 bridgehead atoms. The van der Waals surface area contributed by atoms with Crippen LogP contribution in [0.3, 0.4) is 0 Å². The number of carbonyl (C=O) groups excluding carboxylic acids is 1. The number of furan rings is 1. The summed E-state index contributed by atoms with van der Waals surface area (Å²) >= 11 is 3.23. The van der Waals surface area contributed by atoms with Crippen molar-refractivity contribution in [3.8, 4) is 0 Å². The van der Waals surface area contributed by atoms with Crippen molar-refractivity contribution in [3.63, 3.8) is 0 Å². The van der Waals surface area contributed by atoms with Gasteiger partial charge in [-0.1, -0.05) is 0 Å². The highest BCUT2D eigenvalue weighted by atomic mass is 79.9. The van der Waals surface area contributed by atoms with Crippen LogP contribution in [0.4, 0.5) is 0 Å². The molecule has 5 heteroatoms. The van der Waals surface area contributed by atoms with Gasteiger partial charge in [0.1, 0.15) is 6.26 Å². The molecule has 0 aliphatic carbocycles. The highest BCUT2D eigenvalue weighted by molar-refractivity contribution is 9.10. The van der Waals surface area contributed by atoms with Gasteiger partial charge in [0, 0.05) is 19.2 Å². The van der Waals surface area contributed by atoms with Gasteiger partial charge >= 0.3 is 0 Å². The number of amides is 1. The minimum absolute atomic E-state index is 0.0948. The lowest BCUT2D eigenvalue weighted by molar-refractivity contribution is 0.0758. The molecule has 3 rings (SSSR count). The minimum Gasteiger partial charge on any atom is -0.457 e. The van der Waals surface area contributed by atoms with Crippen molar-refractivity contribution in [1.29, 1.82) is 0 Å². The first kappa shape index (κ1) is 12.2. The molecule has 1 aromatic heterocycles. The molecule has 2 aliphatic rings. The molecule has 1 amide bonds. The molecule has 18 heavy (non-hydrogen) atoms. The molecular weight excluding hydrogens is 296 g/mol. The van der Waals surface area contributed by atoms with Crippen LogP contribution in [0.5, 0.6) is 0 Å². The summed E-state index contributed by atoms with van der Waals surface area (Å²) in [5.41, 5.74) is 0.645. The maximum absolute atomic E-state index is 12.3. The molecule has 2 saturated heterocycles. The lowest BCUT2D eigenvalue weighted by atomic mass is 9.92. The van der Waals surface area contributed by atoms with Crippen molar-refractivity contribution in [3.05, 3.63) is 22.6 Å². The van der Waals surface area contributed by atoms with Gasteiger partial charge in [-0.15, -0.1) is 0 Å². The molecule has 98 valence electrons. The second-order valence-electron chi connectivity index (χ2n) is 5.19. The molecule has 0 unspecified atom stereocenters. The average molecular weight is 313 g/mol. The number of rotatable bonds is 1. The van der Waals surface area contributed by atoms with E-state index in [2.05, 4.69) is 21.2 Å². The number of carbonyl (C=O) groups is 1.